The molecule has 256 valence electrons. The molecule has 0 atom stereocenters. The minimum atomic E-state index is -4.90. The van der Waals surface area contributed by atoms with Gasteiger partial charge in [-0.15, -0.1) is 0 Å². The zero-order valence-corrected chi connectivity index (χ0v) is 27.1. The van der Waals surface area contributed by atoms with E-state index in [0.29, 0.717) is 37.5 Å². The molecule has 3 aliphatic carbocycles. The first kappa shape index (κ1) is 36.1. The first-order valence-corrected chi connectivity index (χ1v) is 17.8. The van der Waals surface area contributed by atoms with Crippen molar-refractivity contribution in [3.63, 3.8) is 0 Å². The normalized spacial score (nSPS) is 28.4. The average molecular weight is 645 g/mol. The van der Waals surface area contributed by atoms with Crippen molar-refractivity contribution >= 4 is 0 Å². The molecule has 8 heteroatoms. The summed E-state index contributed by atoms with van der Waals surface area (Å²) in [5.41, 5.74) is -1.50. The summed E-state index contributed by atoms with van der Waals surface area (Å²) in [5.74, 6) is -0.797. The Balaban J connectivity index is 1.07. The molecule has 0 unspecified atom stereocenters. The van der Waals surface area contributed by atoms with Gasteiger partial charge in [-0.2, -0.15) is 22.0 Å². The molecule has 3 saturated carbocycles. The van der Waals surface area contributed by atoms with E-state index in [0.717, 1.165) is 43.6 Å². The van der Waals surface area contributed by atoms with Crippen LogP contribution in [0.3, 0.4) is 0 Å². The number of ether oxygens (including phenoxy) is 2. The van der Waals surface area contributed by atoms with Gasteiger partial charge >= 0.3 is 12.3 Å². The zero-order valence-electron chi connectivity index (χ0n) is 27.1. The first-order chi connectivity index (χ1) is 21.5. The quantitative estimate of drug-likeness (QED) is 0.107. The predicted octanol–water partition coefficient (Wildman–Crippen LogP) is 12.3. The third-order valence-corrected chi connectivity index (χ3v) is 10.6. The molecule has 0 aliphatic heterocycles. The van der Waals surface area contributed by atoms with Gasteiger partial charge in [0.15, 0.2) is 0 Å². The van der Waals surface area contributed by atoms with Crippen molar-refractivity contribution in [2.24, 2.45) is 29.6 Å². The molecule has 1 aromatic carbocycles. The van der Waals surface area contributed by atoms with Gasteiger partial charge in [-0.3, -0.25) is 0 Å². The molecule has 0 N–H and O–H groups in total. The Bertz CT molecular complexity index is 1020. The highest BCUT2D eigenvalue weighted by Gasteiger charge is 2.44. The van der Waals surface area contributed by atoms with Crippen molar-refractivity contribution in [1.29, 1.82) is 0 Å². The standard InChI is InChI=1S/C37H54F6O2/c1-2-3-4-5-6-7-8-27-9-11-28(12-10-27)13-14-29-17-21-32(22-18-29)44-26-30-15-19-31(20-16-30)37(42,43)45-33-23-24-34(35(38)25-33)36(39,40)41/h13-14,23-25,27-32H,2-12,15-22,26H2,1H3/b14-13+. The third kappa shape index (κ3) is 11.8. The fourth-order valence-corrected chi connectivity index (χ4v) is 7.61. The minimum absolute atomic E-state index is 0.203. The summed E-state index contributed by atoms with van der Waals surface area (Å²) < 4.78 is 92.6. The van der Waals surface area contributed by atoms with Crippen LogP contribution in [0.5, 0.6) is 5.75 Å². The second-order valence-electron chi connectivity index (χ2n) is 14.1. The maximum Gasteiger partial charge on any atom is 0.419 e. The lowest BCUT2D eigenvalue weighted by Crippen LogP contribution is -2.38. The minimum Gasteiger partial charge on any atom is -0.432 e. The van der Waals surface area contributed by atoms with Gasteiger partial charge in [-0.1, -0.05) is 64.0 Å². The van der Waals surface area contributed by atoms with Gasteiger partial charge in [0.25, 0.3) is 0 Å². The summed E-state index contributed by atoms with van der Waals surface area (Å²) in [6.07, 6.45) is 17.8. The van der Waals surface area contributed by atoms with Gasteiger partial charge in [-0.05, 0) is 113 Å². The van der Waals surface area contributed by atoms with Crippen molar-refractivity contribution in [2.45, 2.75) is 147 Å². The van der Waals surface area contributed by atoms with Gasteiger partial charge in [0.2, 0.25) is 0 Å². The highest BCUT2D eigenvalue weighted by Crippen LogP contribution is 2.42. The molecule has 0 bridgehead atoms. The summed E-state index contributed by atoms with van der Waals surface area (Å²) in [6, 6.07) is 1.55. The van der Waals surface area contributed by atoms with Crippen LogP contribution in [0.2, 0.25) is 0 Å². The number of halogens is 6. The van der Waals surface area contributed by atoms with E-state index in [1.807, 2.05) is 0 Å². The van der Waals surface area contributed by atoms with Crippen LogP contribution in [-0.4, -0.2) is 18.8 Å². The molecule has 45 heavy (non-hydrogen) atoms. The van der Waals surface area contributed by atoms with Crippen molar-refractivity contribution in [1.82, 2.24) is 0 Å². The lowest BCUT2D eigenvalue weighted by Gasteiger charge is -2.34. The highest BCUT2D eigenvalue weighted by atomic mass is 19.4. The molecule has 0 amide bonds. The molecule has 0 aromatic heterocycles. The van der Waals surface area contributed by atoms with Gasteiger partial charge < -0.3 is 9.47 Å². The lowest BCUT2D eigenvalue weighted by atomic mass is 9.78. The Hall–Kier alpha value is -1.70. The summed E-state index contributed by atoms with van der Waals surface area (Å²) >= 11 is 0. The Morgan fingerprint density at radius 2 is 1.29 bits per heavy atom. The topological polar surface area (TPSA) is 18.5 Å². The molecule has 4 rings (SSSR count). The fraction of sp³-hybridized carbons (Fsp3) is 0.784. The number of hydrogen-bond acceptors (Lipinski definition) is 2. The monoisotopic (exact) mass is 644 g/mol. The number of unbranched alkanes of at least 4 members (excludes halogenated alkanes) is 5. The van der Waals surface area contributed by atoms with E-state index in [9.17, 15) is 26.3 Å². The smallest absolute Gasteiger partial charge is 0.419 e. The molecule has 3 aliphatic rings. The summed E-state index contributed by atoms with van der Waals surface area (Å²) in [5, 5.41) is 0. The molecule has 0 heterocycles. The largest absolute Gasteiger partial charge is 0.432 e. The Morgan fingerprint density at radius 3 is 1.89 bits per heavy atom. The number of rotatable bonds is 15. The van der Waals surface area contributed by atoms with Gasteiger partial charge in [-0.25, -0.2) is 4.39 Å². The van der Waals surface area contributed by atoms with Crippen molar-refractivity contribution in [2.75, 3.05) is 6.61 Å². The van der Waals surface area contributed by atoms with Crippen LogP contribution in [0.15, 0.2) is 30.4 Å². The molecular weight excluding hydrogens is 590 g/mol. The van der Waals surface area contributed by atoms with E-state index in [4.69, 9.17) is 9.47 Å². The van der Waals surface area contributed by atoms with E-state index < -0.39 is 35.3 Å². The fourth-order valence-electron chi connectivity index (χ4n) is 7.61. The third-order valence-electron chi connectivity index (χ3n) is 10.6. The first-order valence-electron chi connectivity index (χ1n) is 17.8. The van der Waals surface area contributed by atoms with Crippen LogP contribution >= 0.6 is 0 Å². The molecular formula is C37H54F6O2. The van der Waals surface area contributed by atoms with Crippen LogP contribution in [0.1, 0.15) is 134 Å². The molecule has 0 spiro atoms. The lowest BCUT2D eigenvalue weighted by molar-refractivity contribution is -0.224. The highest BCUT2D eigenvalue weighted by molar-refractivity contribution is 5.30. The number of benzene rings is 1. The maximum absolute atomic E-state index is 14.8. The van der Waals surface area contributed by atoms with Crippen LogP contribution in [0.25, 0.3) is 0 Å². The van der Waals surface area contributed by atoms with Gasteiger partial charge in [0, 0.05) is 12.7 Å². The number of hydrogen-bond donors (Lipinski definition) is 0. The molecule has 1 aromatic rings. The van der Waals surface area contributed by atoms with E-state index >= 15 is 0 Å². The predicted molar refractivity (Wildman–Crippen MR) is 167 cm³/mol. The van der Waals surface area contributed by atoms with E-state index in [1.54, 1.807) is 0 Å². The van der Waals surface area contributed by atoms with Crippen LogP contribution in [0, 0.1) is 35.4 Å². The summed E-state index contributed by atoms with van der Waals surface area (Å²) in [6.45, 7) is 2.84. The number of allylic oxidation sites excluding steroid dienone is 2. The summed E-state index contributed by atoms with van der Waals surface area (Å²) in [4.78, 5) is 0. The van der Waals surface area contributed by atoms with Crippen LogP contribution in [-0.2, 0) is 10.9 Å². The van der Waals surface area contributed by atoms with Gasteiger partial charge in [0.1, 0.15) is 11.6 Å². The Morgan fingerprint density at radius 1 is 0.711 bits per heavy atom. The van der Waals surface area contributed by atoms with Crippen molar-refractivity contribution < 1.29 is 35.8 Å². The van der Waals surface area contributed by atoms with Crippen LogP contribution < -0.4 is 4.74 Å². The molecule has 2 nitrogen and oxygen atoms in total. The molecule has 0 radical (unpaired) electrons. The Labute approximate surface area is 266 Å². The van der Waals surface area contributed by atoms with Crippen LogP contribution in [0.4, 0.5) is 26.3 Å². The SMILES string of the molecule is CCCCCCCCC1CCC(/C=C/C2CCC(OCC3CCC(C(F)(F)Oc4ccc(C(F)(F)F)c(F)c4)CC3)CC2)CC1. The van der Waals surface area contributed by atoms with E-state index in [-0.39, 0.29) is 24.9 Å². The van der Waals surface area contributed by atoms with Gasteiger partial charge in [0.05, 0.1) is 17.6 Å². The summed E-state index contributed by atoms with van der Waals surface area (Å²) in [7, 11) is 0. The van der Waals surface area contributed by atoms with E-state index in [2.05, 4.69) is 19.1 Å². The Kier molecular flexibility index (Phi) is 14.0. The second-order valence-corrected chi connectivity index (χ2v) is 14.1. The number of alkyl halides is 5. The zero-order chi connectivity index (χ0) is 32.3. The average Bonchev–Trinajstić information content (AvgIpc) is 3.01. The molecule has 0 saturated heterocycles. The van der Waals surface area contributed by atoms with Crippen molar-refractivity contribution in [3.05, 3.63) is 41.7 Å². The van der Waals surface area contributed by atoms with E-state index in [1.165, 1.54) is 70.6 Å². The maximum atomic E-state index is 14.8. The molecule has 3 fully saturated rings. The van der Waals surface area contributed by atoms with Crippen molar-refractivity contribution in [3.8, 4) is 5.75 Å². The second kappa shape index (κ2) is 17.5.